The molecule has 1 amide bonds. The lowest BCUT2D eigenvalue weighted by atomic mass is 9.94. The van der Waals surface area contributed by atoms with E-state index in [9.17, 15) is 4.79 Å². The first-order chi connectivity index (χ1) is 10.6. The Morgan fingerprint density at radius 3 is 2.71 bits per heavy atom. The lowest BCUT2D eigenvalue weighted by molar-refractivity contribution is -0.127. The molecule has 1 saturated heterocycles. The normalized spacial score (nSPS) is 24.8. The van der Waals surface area contributed by atoms with Crippen molar-refractivity contribution in [3.63, 3.8) is 0 Å². The molecule has 136 valence electrons. The van der Waals surface area contributed by atoms with Crippen molar-refractivity contribution in [2.45, 2.75) is 45.3 Å². The molecule has 3 atom stereocenters. The van der Waals surface area contributed by atoms with Crippen LogP contribution in [-0.2, 0) is 17.8 Å². The van der Waals surface area contributed by atoms with E-state index in [1.165, 1.54) is 11.1 Å². The highest BCUT2D eigenvalue weighted by Gasteiger charge is 2.28. The van der Waals surface area contributed by atoms with Gasteiger partial charge in [0.1, 0.15) is 0 Å². The van der Waals surface area contributed by atoms with Gasteiger partial charge in [-0.05, 0) is 43.4 Å². The largest absolute Gasteiger partial charge is 0.350 e. The Bertz CT molecular complexity index is 541. The van der Waals surface area contributed by atoms with Crippen molar-refractivity contribution < 1.29 is 4.79 Å². The first-order valence-electron chi connectivity index (χ1n) is 8.47. The molecule has 3 rings (SSSR count). The molecule has 2 aliphatic heterocycles. The van der Waals surface area contributed by atoms with Crippen molar-refractivity contribution in [1.82, 2.24) is 15.5 Å². The molecule has 2 N–H and O–H groups in total. The number of hydrogen-bond donors (Lipinski definition) is 2. The average Bonchev–Trinajstić information content (AvgIpc) is 2.55. The van der Waals surface area contributed by atoms with Crippen molar-refractivity contribution >= 4 is 30.7 Å². The van der Waals surface area contributed by atoms with Gasteiger partial charge in [-0.1, -0.05) is 31.2 Å². The molecule has 1 fully saturated rings. The van der Waals surface area contributed by atoms with Crippen LogP contribution in [0.25, 0.3) is 0 Å². The van der Waals surface area contributed by atoms with Crippen LogP contribution in [0.3, 0.4) is 0 Å². The fourth-order valence-electron chi connectivity index (χ4n) is 3.50. The summed E-state index contributed by atoms with van der Waals surface area (Å²) in [7, 11) is 0. The minimum Gasteiger partial charge on any atom is -0.350 e. The summed E-state index contributed by atoms with van der Waals surface area (Å²) < 4.78 is 0. The Hall–Kier alpha value is -0.810. The molecule has 2 aliphatic rings. The van der Waals surface area contributed by atoms with E-state index >= 15 is 0 Å². The van der Waals surface area contributed by atoms with Crippen LogP contribution >= 0.6 is 24.8 Å². The van der Waals surface area contributed by atoms with Crippen LogP contribution in [0, 0.1) is 5.92 Å². The number of fused-ring (bicyclic) bond motifs is 1. The van der Waals surface area contributed by atoms with E-state index in [2.05, 4.69) is 46.7 Å². The van der Waals surface area contributed by atoms with E-state index in [4.69, 9.17) is 0 Å². The summed E-state index contributed by atoms with van der Waals surface area (Å²) in [5.74, 6) is 0.722. The van der Waals surface area contributed by atoms with Gasteiger partial charge in [-0.15, -0.1) is 24.8 Å². The van der Waals surface area contributed by atoms with E-state index in [0.717, 1.165) is 39.0 Å². The predicted octanol–water partition coefficient (Wildman–Crippen LogP) is 2.39. The fraction of sp³-hybridized carbons (Fsp3) is 0.611. The number of amides is 1. The minimum absolute atomic E-state index is 0. The number of carbonyl (C=O) groups is 1. The zero-order chi connectivity index (χ0) is 15.5. The van der Waals surface area contributed by atoms with Gasteiger partial charge in [0.2, 0.25) is 5.91 Å². The number of halogens is 2. The SMILES string of the molecule is CC1CCNCC1NC(=O)C(C)N1CCc2ccccc2C1.Cl.Cl. The highest BCUT2D eigenvalue weighted by atomic mass is 35.5. The minimum atomic E-state index is -0.0671. The Kier molecular flexibility index (Phi) is 8.51. The molecule has 24 heavy (non-hydrogen) atoms. The van der Waals surface area contributed by atoms with Crippen LogP contribution in [0.2, 0.25) is 0 Å². The van der Waals surface area contributed by atoms with Crippen molar-refractivity contribution in [1.29, 1.82) is 0 Å². The van der Waals surface area contributed by atoms with Gasteiger partial charge in [0.15, 0.2) is 0 Å². The monoisotopic (exact) mass is 373 g/mol. The summed E-state index contributed by atoms with van der Waals surface area (Å²) in [6.45, 7) is 8.06. The Balaban J connectivity index is 0.00000144. The summed E-state index contributed by atoms with van der Waals surface area (Å²) in [6.07, 6.45) is 2.17. The molecule has 3 unspecified atom stereocenters. The maximum absolute atomic E-state index is 12.6. The maximum Gasteiger partial charge on any atom is 0.237 e. The topological polar surface area (TPSA) is 44.4 Å². The average molecular weight is 374 g/mol. The number of rotatable bonds is 3. The standard InChI is InChI=1S/C18H27N3O.2ClH/c1-13-7-9-19-11-17(13)20-18(22)14(2)21-10-8-15-5-3-4-6-16(15)12-21;;/h3-6,13-14,17,19H,7-12H2,1-2H3,(H,20,22);2*1H. The molecular formula is C18H29Cl2N3O. The van der Waals surface area contributed by atoms with Crippen molar-refractivity contribution in [3.8, 4) is 0 Å². The lowest BCUT2D eigenvalue weighted by Crippen LogP contribution is -2.55. The van der Waals surface area contributed by atoms with Crippen molar-refractivity contribution in [2.75, 3.05) is 19.6 Å². The Morgan fingerprint density at radius 1 is 1.29 bits per heavy atom. The molecule has 2 heterocycles. The highest BCUT2D eigenvalue weighted by molar-refractivity contribution is 5.85. The van der Waals surface area contributed by atoms with Gasteiger partial charge in [-0.3, -0.25) is 9.69 Å². The number of carbonyl (C=O) groups excluding carboxylic acids is 1. The highest BCUT2D eigenvalue weighted by Crippen LogP contribution is 2.20. The van der Waals surface area contributed by atoms with Gasteiger partial charge in [-0.25, -0.2) is 0 Å². The summed E-state index contributed by atoms with van der Waals surface area (Å²) in [4.78, 5) is 14.9. The summed E-state index contributed by atoms with van der Waals surface area (Å²) in [5, 5.41) is 6.62. The van der Waals surface area contributed by atoms with Gasteiger partial charge in [0.25, 0.3) is 0 Å². The van der Waals surface area contributed by atoms with Crippen LogP contribution in [0.5, 0.6) is 0 Å². The Morgan fingerprint density at radius 2 is 2.00 bits per heavy atom. The van der Waals surface area contributed by atoms with Gasteiger partial charge in [-0.2, -0.15) is 0 Å². The van der Waals surface area contributed by atoms with E-state index in [-0.39, 0.29) is 42.8 Å². The number of piperidine rings is 1. The van der Waals surface area contributed by atoms with Gasteiger partial charge in [0, 0.05) is 25.7 Å². The molecule has 4 nitrogen and oxygen atoms in total. The molecule has 0 aromatic heterocycles. The molecule has 0 spiro atoms. The number of nitrogens with zero attached hydrogens (tertiary/aromatic N) is 1. The van der Waals surface area contributed by atoms with Crippen LogP contribution in [0.1, 0.15) is 31.4 Å². The van der Waals surface area contributed by atoms with Crippen molar-refractivity contribution in [2.24, 2.45) is 5.92 Å². The lowest BCUT2D eigenvalue weighted by Gasteiger charge is -2.35. The maximum atomic E-state index is 12.6. The molecule has 6 heteroatoms. The van der Waals surface area contributed by atoms with Crippen molar-refractivity contribution in [3.05, 3.63) is 35.4 Å². The quantitative estimate of drug-likeness (QED) is 0.854. The zero-order valence-corrected chi connectivity index (χ0v) is 16.1. The first-order valence-corrected chi connectivity index (χ1v) is 8.47. The van der Waals surface area contributed by atoms with Crippen LogP contribution in [0.15, 0.2) is 24.3 Å². The number of benzene rings is 1. The molecule has 0 saturated carbocycles. The third-order valence-corrected chi connectivity index (χ3v) is 5.24. The third kappa shape index (κ3) is 4.85. The van der Waals surface area contributed by atoms with E-state index in [0.29, 0.717) is 5.92 Å². The summed E-state index contributed by atoms with van der Waals surface area (Å²) in [6, 6.07) is 8.76. The smallest absolute Gasteiger partial charge is 0.237 e. The van der Waals surface area contributed by atoms with E-state index in [1.807, 2.05) is 6.92 Å². The third-order valence-electron chi connectivity index (χ3n) is 5.24. The zero-order valence-electron chi connectivity index (χ0n) is 14.5. The summed E-state index contributed by atoms with van der Waals surface area (Å²) >= 11 is 0. The van der Waals surface area contributed by atoms with Gasteiger partial charge >= 0.3 is 0 Å². The Labute approximate surface area is 157 Å². The second-order valence-corrected chi connectivity index (χ2v) is 6.75. The number of hydrogen-bond acceptors (Lipinski definition) is 3. The van der Waals surface area contributed by atoms with Crippen LogP contribution in [-0.4, -0.2) is 42.5 Å². The number of nitrogens with one attached hydrogen (secondary N) is 2. The van der Waals surface area contributed by atoms with Gasteiger partial charge in [0.05, 0.1) is 6.04 Å². The first kappa shape index (κ1) is 21.2. The molecule has 0 aliphatic carbocycles. The second kappa shape index (κ2) is 9.62. The second-order valence-electron chi connectivity index (χ2n) is 6.75. The fourth-order valence-corrected chi connectivity index (χ4v) is 3.50. The van der Waals surface area contributed by atoms with E-state index < -0.39 is 0 Å². The van der Waals surface area contributed by atoms with Crippen LogP contribution < -0.4 is 10.6 Å². The summed E-state index contributed by atoms with van der Waals surface area (Å²) in [5.41, 5.74) is 2.79. The van der Waals surface area contributed by atoms with Crippen LogP contribution in [0.4, 0.5) is 0 Å². The molecular weight excluding hydrogens is 345 g/mol. The molecule has 0 radical (unpaired) electrons. The molecule has 1 aromatic rings. The molecule has 0 bridgehead atoms. The predicted molar refractivity (Wildman–Crippen MR) is 103 cm³/mol. The van der Waals surface area contributed by atoms with E-state index in [1.54, 1.807) is 0 Å². The van der Waals surface area contributed by atoms with Gasteiger partial charge < -0.3 is 10.6 Å². The molecule has 1 aromatic carbocycles.